The summed E-state index contributed by atoms with van der Waals surface area (Å²) in [6.07, 6.45) is 0.882. The number of hydrogen-bond donors (Lipinski definition) is 2. The second-order valence-electron chi connectivity index (χ2n) is 4.38. The third-order valence-corrected chi connectivity index (χ3v) is 3.63. The van der Waals surface area contributed by atoms with E-state index in [1.54, 1.807) is 0 Å². The molecule has 0 aliphatic carbocycles. The summed E-state index contributed by atoms with van der Waals surface area (Å²) < 4.78 is 0.990. The van der Waals surface area contributed by atoms with Crippen molar-refractivity contribution in [2.75, 3.05) is 11.9 Å². The van der Waals surface area contributed by atoms with Crippen LogP contribution in [0.2, 0.25) is 0 Å². The molecule has 2 aromatic rings. The number of benzene rings is 1. The van der Waals surface area contributed by atoms with Gasteiger partial charge in [0.1, 0.15) is 0 Å². The Kier molecular flexibility index (Phi) is 4.19. The molecule has 1 atom stereocenters. The molecule has 2 rings (SSSR count). The maximum absolute atomic E-state index is 9.30. The van der Waals surface area contributed by atoms with Gasteiger partial charge in [-0.3, -0.25) is 4.98 Å². The minimum absolute atomic E-state index is 0.0778. The molecule has 0 aliphatic heterocycles. The number of rotatable bonds is 4. The van der Waals surface area contributed by atoms with Crippen molar-refractivity contribution in [3.8, 4) is 0 Å². The molecule has 18 heavy (non-hydrogen) atoms. The van der Waals surface area contributed by atoms with E-state index in [1.807, 2.05) is 31.2 Å². The molecule has 0 fully saturated rings. The van der Waals surface area contributed by atoms with Gasteiger partial charge in [-0.2, -0.15) is 0 Å². The Hall–Kier alpha value is -1.13. The molecule has 96 valence electrons. The van der Waals surface area contributed by atoms with Crippen LogP contribution in [0.5, 0.6) is 0 Å². The molecule has 1 aromatic heterocycles. The SMILES string of the molecule is CCC(CO)Nc1cc(C)nc2c(Br)cccc12. The molecule has 0 radical (unpaired) electrons. The van der Waals surface area contributed by atoms with Crippen LogP contribution >= 0.6 is 15.9 Å². The van der Waals surface area contributed by atoms with E-state index in [0.29, 0.717) is 0 Å². The average molecular weight is 309 g/mol. The van der Waals surface area contributed by atoms with Crippen LogP contribution in [0.1, 0.15) is 19.0 Å². The van der Waals surface area contributed by atoms with Crippen LogP contribution in [-0.2, 0) is 0 Å². The zero-order valence-electron chi connectivity index (χ0n) is 10.6. The summed E-state index contributed by atoms with van der Waals surface area (Å²) in [7, 11) is 0. The van der Waals surface area contributed by atoms with Crippen molar-refractivity contribution in [2.24, 2.45) is 0 Å². The number of nitrogens with one attached hydrogen (secondary N) is 1. The fraction of sp³-hybridized carbons (Fsp3) is 0.357. The van der Waals surface area contributed by atoms with Gasteiger partial charge in [0.25, 0.3) is 0 Å². The van der Waals surface area contributed by atoms with Crippen molar-refractivity contribution in [1.82, 2.24) is 4.98 Å². The number of fused-ring (bicyclic) bond motifs is 1. The molecule has 1 aromatic carbocycles. The van der Waals surface area contributed by atoms with Gasteiger partial charge in [-0.15, -0.1) is 0 Å². The highest BCUT2D eigenvalue weighted by Crippen LogP contribution is 2.29. The molecule has 4 heteroatoms. The molecule has 1 heterocycles. The predicted octanol–water partition coefficient (Wildman–Crippen LogP) is 3.49. The standard InChI is InChI=1S/C14H17BrN2O/c1-3-10(8-18)17-13-7-9(2)16-14-11(13)5-4-6-12(14)15/h4-7,10,18H,3,8H2,1-2H3,(H,16,17). The summed E-state index contributed by atoms with van der Waals surface area (Å²) >= 11 is 3.53. The first-order chi connectivity index (χ1) is 8.65. The topological polar surface area (TPSA) is 45.1 Å². The van der Waals surface area contributed by atoms with Gasteiger partial charge in [0, 0.05) is 27.3 Å². The monoisotopic (exact) mass is 308 g/mol. The molecule has 3 nitrogen and oxygen atoms in total. The molecular formula is C14H17BrN2O. The highest BCUT2D eigenvalue weighted by molar-refractivity contribution is 9.10. The Labute approximate surface area is 115 Å². The van der Waals surface area contributed by atoms with E-state index in [2.05, 4.69) is 33.2 Å². The first-order valence-corrected chi connectivity index (χ1v) is 6.88. The lowest BCUT2D eigenvalue weighted by molar-refractivity contribution is 0.272. The third kappa shape index (κ3) is 2.65. The van der Waals surface area contributed by atoms with E-state index in [-0.39, 0.29) is 12.6 Å². The van der Waals surface area contributed by atoms with Crippen molar-refractivity contribution in [1.29, 1.82) is 0 Å². The summed E-state index contributed by atoms with van der Waals surface area (Å²) in [6, 6.07) is 8.12. The molecule has 0 amide bonds. The normalized spacial score (nSPS) is 12.7. The third-order valence-electron chi connectivity index (χ3n) is 2.99. The van der Waals surface area contributed by atoms with Crippen molar-refractivity contribution < 1.29 is 5.11 Å². The van der Waals surface area contributed by atoms with Crippen molar-refractivity contribution in [3.05, 3.63) is 34.4 Å². The minimum atomic E-state index is 0.0778. The lowest BCUT2D eigenvalue weighted by Gasteiger charge is -2.18. The number of pyridine rings is 1. The largest absolute Gasteiger partial charge is 0.394 e. The average Bonchev–Trinajstić information content (AvgIpc) is 2.37. The van der Waals surface area contributed by atoms with Crippen molar-refractivity contribution in [3.63, 3.8) is 0 Å². The van der Waals surface area contributed by atoms with Crippen LogP contribution in [-0.4, -0.2) is 22.7 Å². The maximum Gasteiger partial charge on any atom is 0.0867 e. The minimum Gasteiger partial charge on any atom is -0.394 e. The van der Waals surface area contributed by atoms with Gasteiger partial charge < -0.3 is 10.4 Å². The molecule has 0 saturated heterocycles. The van der Waals surface area contributed by atoms with E-state index < -0.39 is 0 Å². The first kappa shape index (κ1) is 13.3. The zero-order chi connectivity index (χ0) is 13.1. The summed E-state index contributed by atoms with van der Waals surface area (Å²) in [4.78, 5) is 4.55. The quantitative estimate of drug-likeness (QED) is 0.909. The molecule has 2 N–H and O–H groups in total. The second kappa shape index (κ2) is 5.67. The van der Waals surface area contributed by atoms with Gasteiger partial charge in [-0.25, -0.2) is 0 Å². The highest BCUT2D eigenvalue weighted by atomic mass is 79.9. The fourth-order valence-electron chi connectivity index (χ4n) is 1.96. The molecule has 1 unspecified atom stereocenters. The molecular weight excluding hydrogens is 292 g/mol. The fourth-order valence-corrected chi connectivity index (χ4v) is 2.41. The summed E-state index contributed by atoms with van der Waals surface area (Å²) in [5, 5.41) is 13.7. The van der Waals surface area contributed by atoms with Crippen molar-refractivity contribution in [2.45, 2.75) is 26.3 Å². The Morgan fingerprint density at radius 3 is 2.89 bits per heavy atom. The van der Waals surface area contributed by atoms with Crippen molar-refractivity contribution >= 4 is 32.5 Å². The van der Waals surface area contributed by atoms with E-state index in [0.717, 1.165) is 33.2 Å². The number of aliphatic hydroxyl groups is 1. The highest BCUT2D eigenvalue weighted by Gasteiger charge is 2.10. The van der Waals surface area contributed by atoms with Crippen LogP contribution in [0.3, 0.4) is 0 Å². The van der Waals surface area contributed by atoms with Gasteiger partial charge in [-0.05, 0) is 41.4 Å². The van der Waals surface area contributed by atoms with Gasteiger partial charge in [0.2, 0.25) is 0 Å². The molecule has 0 bridgehead atoms. The first-order valence-electron chi connectivity index (χ1n) is 6.09. The lowest BCUT2D eigenvalue weighted by Crippen LogP contribution is -2.22. The Bertz CT molecular complexity index is 553. The Balaban J connectivity index is 2.52. The van der Waals surface area contributed by atoms with Crippen LogP contribution in [0.15, 0.2) is 28.7 Å². The Morgan fingerprint density at radius 2 is 2.22 bits per heavy atom. The van der Waals surface area contributed by atoms with Gasteiger partial charge >= 0.3 is 0 Å². The second-order valence-corrected chi connectivity index (χ2v) is 5.23. The van der Waals surface area contributed by atoms with E-state index in [1.165, 1.54) is 0 Å². The van der Waals surface area contributed by atoms with Crippen LogP contribution in [0.4, 0.5) is 5.69 Å². The van der Waals surface area contributed by atoms with Gasteiger partial charge in [-0.1, -0.05) is 19.1 Å². The van der Waals surface area contributed by atoms with Gasteiger partial charge in [0.05, 0.1) is 12.1 Å². The number of anilines is 1. The van der Waals surface area contributed by atoms with Gasteiger partial charge in [0.15, 0.2) is 0 Å². The number of halogens is 1. The predicted molar refractivity (Wildman–Crippen MR) is 79.0 cm³/mol. The molecule has 0 aliphatic rings. The number of aryl methyl sites for hydroxylation is 1. The zero-order valence-corrected chi connectivity index (χ0v) is 12.2. The number of para-hydroxylation sites is 1. The lowest BCUT2D eigenvalue weighted by atomic mass is 10.1. The Morgan fingerprint density at radius 1 is 1.44 bits per heavy atom. The van der Waals surface area contributed by atoms with Crippen LogP contribution < -0.4 is 5.32 Å². The number of nitrogens with zero attached hydrogens (tertiary/aromatic N) is 1. The molecule has 0 saturated carbocycles. The summed E-state index contributed by atoms with van der Waals surface area (Å²) in [5.74, 6) is 0. The van der Waals surface area contributed by atoms with Crippen LogP contribution in [0, 0.1) is 6.92 Å². The van der Waals surface area contributed by atoms with E-state index in [4.69, 9.17) is 0 Å². The number of aliphatic hydroxyl groups excluding tert-OH is 1. The van der Waals surface area contributed by atoms with E-state index in [9.17, 15) is 5.11 Å². The summed E-state index contributed by atoms with van der Waals surface area (Å²) in [6.45, 7) is 4.16. The smallest absolute Gasteiger partial charge is 0.0867 e. The van der Waals surface area contributed by atoms with E-state index >= 15 is 0 Å². The molecule has 0 spiro atoms. The van der Waals surface area contributed by atoms with Crippen LogP contribution in [0.25, 0.3) is 10.9 Å². The number of aromatic nitrogens is 1. The maximum atomic E-state index is 9.30. The summed E-state index contributed by atoms with van der Waals surface area (Å²) in [5.41, 5.74) is 2.94. The number of hydrogen-bond acceptors (Lipinski definition) is 3.